The minimum Gasteiger partial charge on any atom is -0.398 e. The molecule has 1 aromatic carbocycles. The summed E-state index contributed by atoms with van der Waals surface area (Å²) >= 11 is 1.56. The van der Waals surface area contributed by atoms with E-state index in [0.29, 0.717) is 30.8 Å². The van der Waals surface area contributed by atoms with Gasteiger partial charge in [-0.15, -0.1) is 0 Å². The molecule has 0 bridgehead atoms. The maximum absolute atomic E-state index is 11.6. The molecule has 1 fully saturated rings. The predicted molar refractivity (Wildman–Crippen MR) is 83.5 cm³/mol. The van der Waals surface area contributed by atoms with Gasteiger partial charge in [0.2, 0.25) is 0 Å². The maximum Gasteiger partial charge on any atom is 0.255 e. The maximum atomic E-state index is 11.6. The van der Waals surface area contributed by atoms with E-state index in [4.69, 9.17) is 15.2 Å². The molecule has 0 saturated carbocycles. The summed E-state index contributed by atoms with van der Waals surface area (Å²) in [7, 11) is 0. The van der Waals surface area contributed by atoms with Crippen molar-refractivity contribution in [3.8, 4) is 0 Å². The lowest BCUT2D eigenvalue weighted by atomic mass is 10.0. The lowest BCUT2D eigenvalue weighted by molar-refractivity contribution is -0.251. The van der Waals surface area contributed by atoms with Gasteiger partial charge in [0.15, 0.2) is 6.29 Å². The molecule has 114 valence electrons. The first-order valence-corrected chi connectivity index (χ1v) is 7.77. The van der Waals surface area contributed by atoms with E-state index >= 15 is 0 Å². The van der Waals surface area contributed by atoms with Gasteiger partial charge in [0.1, 0.15) is 0 Å². The molecule has 0 unspecified atom stereocenters. The van der Waals surface area contributed by atoms with Gasteiger partial charge in [0.25, 0.3) is 5.79 Å². The van der Waals surface area contributed by atoms with Crippen molar-refractivity contribution < 1.29 is 14.3 Å². The standard InChI is InChI=1S/C16H16N2O3S/c17-15-3-2-13(22-12-4-6-18-7-5-12)10-14(15)16(11-19)20-8-1-9-21-16/h2-7,10-11H,1,8-9,17H2. The number of aldehydes is 1. The summed E-state index contributed by atoms with van der Waals surface area (Å²) in [5.74, 6) is -1.39. The van der Waals surface area contributed by atoms with Crippen molar-refractivity contribution in [3.05, 3.63) is 48.3 Å². The van der Waals surface area contributed by atoms with Gasteiger partial charge in [-0.05, 0) is 36.8 Å². The molecule has 0 spiro atoms. The van der Waals surface area contributed by atoms with Gasteiger partial charge in [-0.1, -0.05) is 11.8 Å². The first-order chi connectivity index (χ1) is 10.7. The predicted octanol–water partition coefficient (Wildman–Crippen LogP) is 2.60. The van der Waals surface area contributed by atoms with Crippen molar-refractivity contribution in [2.75, 3.05) is 18.9 Å². The number of pyridine rings is 1. The number of rotatable bonds is 4. The molecule has 0 aliphatic carbocycles. The molecule has 2 N–H and O–H groups in total. The van der Waals surface area contributed by atoms with Crippen LogP contribution in [0.25, 0.3) is 0 Å². The summed E-state index contributed by atoms with van der Waals surface area (Å²) in [4.78, 5) is 17.6. The molecule has 2 aromatic rings. The van der Waals surface area contributed by atoms with E-state index in [0.717, 1.165) is 16.2 Å². The number of carbonyl (C=O) groups is 1. The number of anilines is 1. The molecule has 0 amide bonds. The summed E-state index contributed by atoms with van der Waals surface area (Å²) in [5, 5.41) is 0. The number of benzene rings is 1. The quantitative estimate of drug-likeness (QED) is 0.690. The lowest BCUT2D eigenvalue weighted by Crippen LogP contribution is -2.40. The highest BCUT2D eigenvalue weighted by Gasteiger charge is 2.38. The first-order valence-electron chi connectivity index (χ1n) is 6.96. The number of carbonyl (C=O) groups excluding carboxylic acids is 1. The van der Waals surface area contributed by atoms with Gasteiger partial charge in [0, 0.05) is 33.4 Å². The van der Waals surface area contributed by atoms with Gasteiger partial charge >= 0.3 is 0 Å². The second-order valence-electron chi connectivity index (χ2n) is 4.87. The SMILES string of the molecule is Nc1ccc(Sc2ccncc2)cc1C1(C=O)OCCCO1. The highest BCUT2D eigenvalue weighted by molar-refractivity contribution is 7.99. The van der Waals surface area contributed by atoms with Crippen molar-refractivity contribution in [2.45, 2.75) is 22.0 Å². The van der Waals surface area contributed by atoms with Gasteiger partial charge in [-0.3, -0.25) is 9.78 Å². The zero-order valence-corrected chi connectivity index (χ0v) is 12.7. The monoisotopic (exact) mass is 316 g/mol. The molecule has 2 heterocycles. The first kappa shape index (κ1) is 15.0. The van der Waals surface area contributed by atoms with E-state index in [1.165, 1.54) is 0 Å². The number of hydrogen-bond donors (Lipinski definition) is 1. The van der Waals surface area contributed by atoms with E-state index in [1.807, 2.05) is 24.3 Å². The van der Waals surface area contributed by atoms with Crippen LogP contribution in [0.5, 0.6) is 0 Å². The summed E-state index contributed by atoms with van der Waals surface area (Å²) in [6.45, 7) is 0.944. The Balaban J connectivity index is 1.94. The number of aromatic nitrogens is 1. The summed E-state index contributed by atoms with van der Waals surface area (Å²) in [6.07, 6.45) is 4.92. The molecular weight excluding hydrogens is 300 g/mol. The number of ether oxygens (including phenoxy) is 2. The molecule has 0 radical (unpaired) electrons. The Hall–Kier alpha value is -1.89. The van der Waals surface area contributed by atoms with Crippen LogP contribution in [0, 0.1) is 0 Å². The van der Waals surface area contributed by atoms with Gasteiger partial charge in [-0.25, -0.2) is 0 Å². The Morgan fingerprint density at radius 2 is 1.86 bits per heavy atom. The van der Waals surface area contributed by atoms with Crippen LogP contribution in [-0.2, 0) is 20.1 Å². The van der Waals surface area contributed by atoms with Crippen molar-refractivity contribution in [1.82, 2.24) is 4.98 Å². The van der Waals surface area contributed by atoms with Crippen molar-refractivity contribution in [2.24, 2.45) is 0 Å². The molecule has 1 saturated heterocycles. The van der Waals surface area contributed by atoms with Crippen molar-refractivity contribution in [3.63, 3.8) is 0 Å². The Bertz CT molecular complexity index is 658. The van der Waals surface area contributed by atoms with E-state index < -0.39 is 5.79 Å². The van der Waals surface area contributed by atoms with Crippen molar-refractivity contribution >= 4 is 23.7 Å². The Morgan fingerprint density at radius 3 is 2.55 bits per heavy atom. The van der Waals surface area contributed by atoms with Crippen LogP contribution >= 0.6 is 11.8 Å². The average Bonchev–Trinajstić information content (AvgIpc) is 2.58. The third-order valence-electron chi connectivity index (χ3n) is 3.36. The molecule has 1 aliphatic heterocycles. The van der Waals surface area contributed by atoms with E-state index in [-0.39, 0.29) is 0 Å². The van der Waals surface area contributed by atoms with Crippen LogP contribution in [0.4, 0.5) is 5.69 Å². The van der Waals surface area contributed by atoms with Gasteiger partial charge < -0.3 is 15.2 Å². The second kappa shape index (κ2) is 6.48. The van der Waals surface area contributed by atoms with Gasteiger partial charge in [0.05, 0.1) is 13.2 Å². The lowest BCUT2D eigenvalue weighted by Gasteiger charge is -2.33. The molecule has 22 heavy (non-hydrogen) atoms. The van der Waals surface area contributed by atoms with Gasteiger partial charge in [-0.2, -0.15) is 0 Å². The number of hydrogen-bond acceptors (Lipinski definition) is 6. The van der Waals surface area contributed by atoms with Crippen LogP contribution in [-0.4, -0.2) is 24.5 Å². The van der Waals surface area contributed by atoms with Crippen LogP contribution in [0.2, 0.25) is 0 Å². The van der Waals surface area contributed by atoms with E-state index in [9.17, 15) is 4.79 Å². The zero-order chi connectivity index (χ0) is 15.4. The minimum absolute atomic E-state index is 0.472. The molecular formula is C16H16N2O3S. The molecule has 3 rings (SSSR count). The minimum atomic E-state index is -1.39. The van der Waals surface area contributed by atoms with E-state index in [1.54, 1.807) is 30.2 Å². The fraction of sp³-hybridized carbons (Fsp3) is 0.250. The largest absolute Gasteiger partial charge is 0.398 e. The molecule has 6 heteroatoms. The molecule has 1 aromatic heterocycles. The van der Waals surface area contributed by atoms with Crippen LogP contribution in [0.3, 0.4) is 0 Å². The molecule has 1 aliphatic rings. The fourth-order valence-corrected chi connectivity index (χ4v) is 3.12. The fourth-order valence-electron chi connectivity index (χ4n) is 2.28. The smallest absolute Gasteiger partial charge is 0.255 e. The second-order valence-corrected chi connectivity index (χ2v) is 6.02. The zero-order valence-electron chi connectivity index (χ0n) is 11.9. The highest BCUT2D eigenvalue weighted by Crippen LogP contribution is 2.37. The van der Waals surface area contributed by atoms with Crippen LogP contribution in [0.1, 0.15) is 12.0 Å². The van der Waals surface area contributed by atoms with Crippen molar-refractivity contribution in [1.29, 1.82) is 0 Å². The number of nitrogens with two attached hydrogens (primary N) is 1. The topological polar surface area (TPSA) is 74.4 Å². The third kappa shape index (κ3) is 2.99. The normalized spacial score (nSPS) is 17.1. The van der Waals surface area contributed by atoms with Crippen LogP contribution < -0.4 is 5.73 Å². The summed E-state index contributed by atoms with van der Waals surface area (Å²) in [5.41, 5.74) is 7.07. The summed E-state index contributed by atoms with van der Waals surface area (Å²) < 4.78 is 11.2. The Morgan fingerprint density at radius 1 is 1.14 bits per heavy atom. The molecule has 5 nitrogen and oxygen atoms in total. The number of nitrogen functional groups attached to an aromatic ring is 1. The highest BCUT2D eigenvalue weighted by atomic mass is 32.2. The average molecular weight is 316 g/mol. The third-order valence-corrected chi connectivity index (χ3v) is 4.36. The number of nitrogens with zero attached hydrogens (tertiary/aromatic N) is 1. The molecule has 0 atom stereocenters. The van der Waals surface area contributed by atoms with Crippen LogP contribution in [0.15, 0.2) is 52.5 Å². The van der Waals surface area contributed by atoms with E-state index in [2.05, 4.69) is 4.98 Å². The Kier molecular flexibility index (Phi) is 4.42. The summed E-state index contributed by atoms with van der Waals surface area (Å²) in [6, 6.07) is 9.37. The Labute approximate surface area is 132 Å².